The number of halogens is 2. The molecule has 0 bridgehead atoms. The van der Waals surface area contributed by atoms with Crippen molar-refractivity contribution >= 4 is 54.0 Å². The van der Waals surface area contributed by atoms with Crippen LogP contribution in [0.15, 0.2) is 43.1 Å². The van der Waals surface area contributed by atoms with Crippen LogP contribution in [0.5, 0.6) is 0 Å². The number of hydrogen-bond acceptors (Lipinski definition) is 11. The van der Waals surface area contributed by atoms with Crippen molar-refractivity contribution in [1.29, 1.82) is 0 Å². The first-order chi connectivity index (χ1) is 22.0. The van der Waals surface area contributed by atoms with Crippen molar-refractivity contribution in [2.75, 3.05) is 65.4 Å². The van der Waals surface area contributed by atoms with Crippen molar-refractivity contribution in [3.8, 4) is 11.1 Å². The summed E-state index contributed by atoms with van der Waals surface area (Å²) in [4.78, 5) is 19.4. The Labute approximate surface area is 265 Å². The largest absolute Gasteiger partial charge is 0.378 e. The minimum Gasteiger partial charge on any atom is -0.378 e. The molecule has 4 aromatic rings. The molecule has 3 aliphatic heterocycles. The highest BCUT2D eigenvalue weighted by Crippen LogP contribution is 2.40. The fraction of sp³-hybridized carbons (Fsp3) is 0.379. The number of sulfonamides is 2. The van der Waals surface area contributed by atoms with Crippen LogP contribution in [0.3, 0.4) is 0 Å². The van der Waals surface area contributed by atoms with Gasteiger partial charge in [-0.25, -0.2) is 50.3 Å². The van der Waals surface area contributed by atoms with Gasteiger partial charge in [0.25, 0.3) is 0 Å². The lowest BCUT2D eigenvalue weighted by atomic mass is 10.1. The number of nitrogens with zero attached hydrogens (tertiary/aromatic N) is 6. The molecule has 2 N–H and O–H groups in total. The van der Waals surface area contributed by atoms with Gasteiger partial charge in [0, 0.05) is 79.7 Å². The van der Waals surface area contributed by atoms with Crippen molar-refractivity contribution in [3.05, 3.63) is 60.3 Å². The van der Waals surface area contributed by atoms with Crippen molar-refractivity contribution in [1.82, 2.24) is 24.7 Å². The summed E-state index contributed by atoms with van der Waals surface area (Å²) >= 11 is 0. The SMILES string of the molecule is Cc1c(N2CCCS2(=O)=O)nc2cc(F)cc(F)c2c1Nc1cc(N2CCOCC2)ncc1-c1cncnc1.O=S1(=O)CCCN1. The fourth-order valence-corrected chi connectivity index (χ4v) is 8.23. The molecule has 13 nitrogen and oxygen atoms in total. The topological polar surface area (TPSA) is 160 Å². The maximum Gasteiger partial charge on any atom is 0.236 e. The number of fused-ring (bicyclic) bond motifs is 1. The average Bonchev–Trinajstić information content (AvgIpc) is 3.62. The number of ether oxygens (including phenoxy) is 1. The number of morpholine rings is 1. The molecule has 17 heteroatoms. The molecule has 7 rings (SSSR count). The molecule has 0 spiro atoms. The maximum absolute atomic E-state index is 15.3. The quantitative estimate of drug-likeness (QED) is 0.320. The van der Waals surface area contributed by atoms with Gasteiger partial charge in [-0.05, 0) is 19.8 Å². The fourth-order valence-electron chi connectivity index (χ4n) is 5.55. The van der Waals surface area contributed by atoms with E-state index in [9.17, 15) is 21.2 Å². The van der Waals surface area contributed by atoms with E-state index in [1.165, 1.54) is 10.6 Å². The molecule has 3 aromatic heterocycles. The van der Waals surface area contributed by atoms with Gasteiger partial charge in [0.1, 0.15) is 29.6 Å². The molecule has 0 aliphatic carbocycles. The number of rotatable bonds is 5. The van der Waals surface area contributed by atoms with Crippen LogP contribution in [0.1, 0.15) is 18.4 Å². The van der Waals surface area contributed by atoms with E-state index < -0.39 is 31.7 Å². The number of aromatic nitrogens is 4. The molecular formula is C29H32F2N8O5S2. The predicted molar refractivity (Wildman–Crippen MR) is 170 cm³/mol. The third-order valence-corrected chi connectivity index (χ3v) is 11.1. The summed E-state index contributed by atoms with van der Waals surface area (Å²) in [6.45, 7) is 4.99. The highest BCUT2D eigenvalue weighted by molar-refractivity contribution is 7.93. The normalized spacial score (nSPS) is 18.8. The van der Waals surface area contributed by atoms with Gasteiger partial charge < -0.3 is 15.0 Å². The van der Waals surface area contributed by atoms with Gasteiger partial charge in [0.2, 0.25) is 20.0 Å². The van der Waals surface area contributed by atoms with Crippen molar-refractivity contribution < 1.29 is 30.4 Å². The number of hydrogen-bond donors (Lipinski definition) is 2. The van der Waals surface area contributed by atoms with Crippen LogP contribution in [0.2, 0.25) is 0 Å². The zero-order chi connectivity index (χ0) is 32.5. The summed E-state index contributed by atoms with van der Waals surface area (Å²) in [5, 5.41) is 3.39. The number of anilines is 4. The van der Waals surface area contributed by atoms with Crippen LogP contribution in [-0.2, 0) is 24.8 Å². The zero-order valence-corrected chi connectivity index (χ0v) is 26.5. The summed E-state index contributed by atoms with van der Waals surface area (Å²) in [5.74, 6) is -0.500. The van der Waals surface area contributed by atoms with Gasteiger partial charge in [-0.1, -0.05) is 0 Å². The Morgan fingerprint density at radius 3 is 2.35 bits per heavy atom. The van der Waals surface area contributed by atoms with Gasteiger partial charge in [-0.15, -0.1) is 0 Å². The molecule has 0 saturated carbocycles. The molecule has 3 saturated heterocycles. The Kier molecular flexibility index (Phi) is 9.00. The summed E-state index contributed by atoms with van der Waals surface area (Å²) in [5.41, 5.74) is 2.59. The van der Waals surface area contributed by atoms with E-state index in [2.05, 4.69) is 34.9 Å². The minimum absolute atomic E-state index is 0.00440. The highest BCUT2D eigenvalue weighted by Gasteiger charge is 2.32. The molecule has 0 radical (unpaired) electrons. The molecule has 0 unspecified atom stereocenters. The molecule has 0 amide bonds. The average molecular weight is 675 g/mol. The van der Waals surface area contributed by atoms with Crippen LogP contribution >= 0.6 is 0 Å². The minimum atomic E-state index is -3.60. The first kappa shape index (κ1) is 31.9. The van der Waals surface area contributed by atoms with Gasteiger partial charge in [-0.2, -0.15) is 0 Å². The Bertz CT molecular complexity index is 1970. The van der Waals surface area contributed by atoms with Crippen LogP contribution < -0.4 is 19.2 Å². The van der Waals surface area contributed by atoms with E-state index >= 15 is 4.39 Å². The van der Waals surface area contributed by atoms with Crippen LogP contribution in [0.25, 0.3) is 22.0 Å². The number of pyridine rings is 2. The molecule has 0 atom stereocenters. The molecule has 46 heavy (non-hydrogen) atoms. The van der Waals surface area contributed by atoms with Crippen LogP contribution in [-0.4, -0.2) is 87.7 Å². The summed E-state index contributed by atoms with van der Waals surface area (Å²) in [7, 11) is -6.40. The van der Waals surface area contributed by atoms with E-state index in [1.807, 2.05) is 6.07 Å². The van der Waals surface area contributed by atoms with E-state index in [4.69, 9.17) is 4.74 Å². The Hall–Kier alpha value is -4.06. The third kappa shape index (κ3) is 6.72. The lowest BCUT2D eigenvalue weighted by molar-refractivity contribution is 0.122. The van der Waals surface area contributed by atoms with Gasteiger partial charge in [0.05, 0.1) is 47.0 Å². The smallest absolute Gasteiger partial charge is 0.236 e. The van der Waals surface area contributed by atoms with E-state index in [0.29, 0.717) is 73.2 Å². The zero-order valence-electron chi connectivity index (χ0n) is 24.9. The van der Waals surface area contributed by atoms with Crippen molar-refractivity contribution in [2.24, 2.45) is 0 Å². The molecule has 6 heterocycles. The van der Waals surface area contributed by atoms with E-state index in [1.54, 1.807) is 25.5 Å². The predicted octanol–water partition coefficient (Wildman–Crippen LogP) is 3.10. The summed E-state index contributed by atoms with van der Waals surface area (Å²) < 4.78 is 84.9. The highest BCUT2D eigenvalue weighted by atomic mass is 32.2. The summed E-state index contributed by atoms with van der Waals surface area (Å²) in [6, 6.07) is 3.73. The molecular weight excluding hydrogens is 643 g/mol. The third-order valence-electron chi connectivity index (χ3n) is 7.82. The molecule has 3 fully saturated rings. The standard InChI is InChI=1S/C26H25F2N7O3S.C3H7NO2S/c1-16-25(24-20(28)9-18(27)10-22(24)33-26(16)35-3-2-8-39(35,36)37)32-21-11-23(34-4-6-38-7-5-34)31-14-19(21)17-12-29-15-30-13-17;5-7(6)3-1-2-4-7/h9-15H,2-8H2,1H3,(H,31,32,33);4H,1-3H2. The molecule has 1 aromatic carbocycles. The van der Waals surface area contributed by atoms with Crippen molar-refractivity contribution in [3.63, 3.8) is 0 Å². The van der Waals surface area contributed by atoms with Gasteiger partial charge >= 0.3 is 0 Å². The Morgan fingerprint density at radius 2 is 1.72 bits per heavy atom. The lowest BCUT2D eigenvalue weighted by Crippen LogP contribution is -2.36. The molecule has 244 valence electrons. The maximum atomic E-state index is 15.3. The second-order valence-corrected chi connectivity index (χ2v) is 14.9. The lowest BCUT2D eigenvalue weighted by Gasteiger charge is -2.29. The first-order valence-electron chi connectivity index (χ1n) is 14.6. The van der Waals surface area contributed by atoms with Crippen molar-refractivity contribution in [2.45, 2.75) is 19.8 Å². The number of benzene rings is 1. The van der Waals surface area contributed by atoms with Gasteiger partial charge in [0.15, 0.2) is 0 Å². The van der Waals surface area contributed by atoms with Crippen LogP contribution in [0.4, 0.5) is 31.8 Å². The van der Waals surface area contributed by atoms with Gasteiger partial charge in [-0.3, -0.25) is 4.31 Å². The van der Waals surface area contributed by atoms with E-state index in [-0.39, 0.29) is 34.7 Å². The second-order valence-electron chi connectivity index (χ2n) is 11.0. The Balaban J connectivity index is 0.000000471. The monoisotopic (exact) mass is 674 g/mol. The number of nitrogens with one attached hydrogen (secondary N) is 2. The van der Waals surface area contributed by atoms with E-state index in [0.717, 1.165) is 18.6 Å². The Morgan fingerprint density at radius 1 is 0.957 bits per heavy atom. The summed E-state index contributed by atoms with van der Waals surface area (Å²) in [6.07, 6.45) is 7.58. The first-order valence-corrected chi connectivity index (χ1v) is 17.9. The second kappa shape index (κ2) is 13.0. The molecule has 3 aliphatic rings. The van der Waals surface area contributed by atoms with Crippen LogP contribution in [0, 0.1) is 18.6 Å².